The number of esters is 1. The lowest BCUT2D eigenvalue weighted by Gasteiger charge is -2.34. The van der Waals surface area contributed by atoms with E-state index in [1.54, 1.807) is 7.11 Å². The van der Waals surface area contributed by atoms with Gasteiger partial charge in [0.2, 0.25) is 0 Å². The highest BCUT2D eigenvalue weighted by Gasteiger charge is 2.37. The van der Waals surface area contributed by atoms with E-state index < -0.39 is 0 Å². The van der Waals surface area contributed by atoms with E-state index in [4.69, 9.17) is 9.47 Å². The second kappa shape index (κ2) is 10.3. The number of rotatable bonds is 6. The molecule has 2 aliphatic rings. The molecule has 2 aromatic carbocycles. The van der Waals surface area contributed by atoms with Gasteiger partial charge in [0.25, 0.3) is 0 Å². The van der Waals surface area contributed by atoms with Gasteiger partial charge in [0, 0.05) is 0 Å². The van der Waals surface area contributed by atoms with E-state index in [1.165, 1.54) is 49.7 Å². The SMILES string of the molecule is CCC1CCc2c(ccc(C3CCCCCC3)c2OC)C1C(=O)OCc1ccccc1. The van der Waals surface area contributed by atoms with Crippen molar-refractivity contribution in [3.8, 4) is 5.75 Å². The van der Waals surface area contributed by atoms with E-state index in [-0.39, 0.29) is 11.9 Å². The fraction of sp³-hybridized carbons (Fsp3) is 0.536. The van der Waals surface area contributed by atoms with Crippen molar-refractivity contribution in [2.24, 2.45) is 5.92 Å². The largest absolute Gasteiger partial charge is 0.496 e. The first-order chi connectivity index (χ1) is 15.2. The number of carbonyl (C=O) groups is 1. The Balaban J connectivity index is 1.62. The summed E-state index contributed by atoms with van der Waals surface area (Å²) in [7, 11) is 1.80. The van der Waals surface area contributed by atoms with Gasteiger partial charge >= 0.3 is 5.97 Å². The third-order valence-electron chi connectivity index (χ3n) is 7.40. The molecule has 0 N–H and O–H groups in total. The van der Waals surface area contributed by atoms with E-state index in [0.717, 1.165) is 36.1 Å². The topological polar surface area (TPSA) is 35.5 Å². The van der Waals surface area contributed by atoms with Gasteiger partial charge in [0.15, 0.2) is 0 Å². The van der Waals surface area contributed by atoms with Crippen LogP contribution in [-0.2, 0) is 22.6 Å². The zero-order chi connectivity index (χ0) is 21.6. The molecule has 0 radical (unpaired) electrons. The molecule has 31 heavy (non-hydrogen) atoms. The summed E-state index contributed by atoms with van der Waals surface area (Å²) < 4.78 is 11.8. The summed E-state index contributed by atoms with van der Waals surface area (Å²) >= 11 is 0. The monoisotopic (exact) mass is 420 g/mol. The predicted octanol–water partition coefficient (Wildman–Crippen LogP) is 6.93. The van der Waals surface area contributed by atoms with E-state index in [0.29, 0.717) is 18.4 Å². The second-order valence-corrected chi connectivity index (χ2v) is 9.22. The van der Waals surface area contributed by atoms with E-state index in [2.05, 4.69) is 19.1 Å². The average Bonchev–Trinajstić information content (AvgIpc) is 3.11. The predicted molar refractivity (Wildman–Crippen MR) is 125 cm³/mol. The van der Waals surface area contributed by atoms with Gasteiger partial charge in [-0.15, -0.1) is 0 Å². The van der Waals surface area contributed by atoms with Crippen LogP contribution in [0.25, 0.3) is 0 Å². The molecule has 0 spiro atoms. The van der Waals surface area contributed by atoms with Crippen molar-refractivity contribution in [2.75, 3.05) is 7.11 Å². The number of methoxy groups -OCH3 is 1. The minimum Gasteiger partial charge on any atom is -0.496 e. The van der Waals surface area contributed by atoms with Gasteiger partial charge in [0.1, 0.15) is 12.4 Å². The van der Waals surface area contributed by atoms with Crippen LogP contribution in [0, 0.1) is 5.92 Å². The Bertz CT molecular complexity index is 865. The van der Waals surface area contributed by atoms with Gasteiger partial charge in [-0.25, -0.2) is 0 Å². The summed E-state index contributed by atoms with van der Waals surface area (Å²) in [6.45, 7) is 2.52. The van der Waals surface area contributed by atoms with Gasteiger partial charge in [-0.1, -0.05) is 81.5 Å². The van der Waals surface area contributed by atoms with Gasteiger partial charge in [0.05, 0.1) is 13.0 Å². The van der Waals surface area contributed by atoms with Crippen LogP contribution in [0.3, 0.4) is 0 Å². The Hall–Kier alpha value is -2.29. The Morgan fingerprint density at radius 1 is 0.935 bits per heavy atom. The summed E-state index contributed by atoms with van der Waals surface area (Å²) in [6, 6.07) is 14.4. The van der Waals surface area contributed by atoms with Crippen LogP contribution < -0.4 is 4.74 Å². The molecule has 0 aromatic heterocycles. The Labute approximate surface area is 187 Å². The van der Waals surface area contributed by atoms with Crippen molar-refractivity contribution in [1.29, 1.82) is 0 Å². The normalized spacial score (nSPS) is 21.7. The quantitative estimate of drug-likeness (QED) is 0.375. The Kier molecular flexibility index (Phi) is 7.32. The molecular weight excluding hydrogens is 384 g/mol. The number of fused-ring (bicyclic) bond motifs is 1. The highest BCUT2D eigenvalue weighted by atomic mass is 16.5. The highest BCUT2D eigenvalue weighted by molar-refractivity contribution is 5.80. The zero-order valence-corrected chi connectivity index (χ0v) is 19.1. The molecule has 0 saturated heterocycles. The number of hydrogen-bond acceptors (Lipinski definition) is 3. The van der Waals surface area contributed by atoms with E-state index in [1.807, 2.05) is 30.3 Å². The average molecular weight is 421 g/mol. The smallest absolute Gasteiger partial charge is 0.314 e. The molecule has 166 valence electrons. The number of carbonyl (C=O) groups excluding carboxylic acids is 1. The van der Waals surface area contributed by atoms with Crippen LogP contribution in [-0.4, -0.2) is 13.1 Å². The summed E-state index contributed by atoms with van der Waals surface area (Å²) in [5.74, 6) is 1.65. The lowest BCUT2D eigenvalue weighted by molar-refractivity contribution is -0.148. The van der Waals surface area contributed by atoms with Gasteiger partial charge in [-0.3, -0.25) is 4.79 Å². The molecule has 0 amide bonds. The first-order valence-corrected chi connectivity index (χ1v) is 12.1. The first kappa shape index (κ1) is 21.9. The fourth-order valence-electron chi connectivity index (χ4n) is 5.69. The highest BCUT2D eigenvalue weighted by Crippen LogP contribution is 2.46. The zero-order valence-electron chi connectivity index (χ0n) is 19.1. The maximum atomic E-state index is 13.3. The summed E-state index contributed by atoms with van der Waals surface area (Å²) in [5.41, 5.74) is 4.76. The van der Waals surface area contributed by atoms with Crippen LogP contribution in [0.5, 0.6) is 5.75 Å². The molecule has 0 aliphatic heterocycles. The minimum absolute atomic E-state index is 0.0964. The van der Waals surface area contributed by atoms with Crippen LogP contribution in [0.1, 0.15) is 92.4 Å². The molecule has 0 heterocycles. The van der Waals surface area contributed by atoms with E-state index >= 15 is 0 Å². The third kappa shape index (κ3) is 4.81. The van der Waals surface area contributed by atoms with Crippen LogP contribution in [0.15, 0.2) is 42.5 Å². The molecule has 4 rings (SSSR count). The first-order valence-electron chi connectivity index (χ1n) is 12.1. The van der Waals surface area contributed by atoms with Crippen molar-refractivity contribution in [3.63, 3.8) is 0 Å². The summed E-state index contributed by atoms with van der Waals surface area (Å²) in [6.07, 6.45) is 10.8. The van der Waals surface area contributed by atoms with Crippen LogP contribution in [0.4, 0.5) is 0 Å². The standard InChI is InChI=1S/C28H36O3/c1-3-21-15-16-25-24(26(21)28(29)31-19-20-11-7-6-8-12-20)18-17-23(27(25)30-2)22-13-9-4-5-10-14-22/h6-8,11-12,17-18,21-22,26H,3-5,9-10,13-16,19H2,1-2H3. The molecule has 3 heteroatoms. The molecule has 3 nitrogen and oxygen atoms in total. The molecule has 1 fully saturated rings. The molecule has 0 bridgehead atoms. The van der Waals surface area contributed by atoms with Crippen LogP contribution >= 0.6 is 0 Å². The maximum absolute atomic E-state index is 13.3. The Morgan fingerprint density at radius 3 is 2.32 bits per heavy atom. The molecular formula is C28H36O3. The molecule has 2 aliphatic carbocycles. The number of ether oxygens (including phenoxy) is 2. The van der Waals surface area contributed by atoms with Crippen molar-refractivity contribution in [2.45, 2.75) is 83.2 Å². The third-order valence-corrected chi connectivity index (χ3v) is 7.40. The molecule has 1 saturated carbocycles. The molecule has 2 unspecified atom stereocenters. The summed E-state index contributed by atoms with van der Waals surface area (Å²) in [4.78, 5) is 13.3. The van der Waals surface area contributed by atoms with Crippen molar-refractivity contribution in [3.05, 3.63) is 64.7 Å². The lowest BCUT2D eigenvalue weighted by Crippen LogP contribution is -2.29. The molecule has 2 atom stereocenters. The number of hydrogen-bond donors (Lipinski definition) is 0. The van der Waals surface area contributed by atoms with Gasteiger partial charge in [-0.05, 0) is 59.8 Å². The number of benzene rings is 2. The van der Waals surface area contributed by atoms with Crippen molar-refractivity contribution >= 4 is 5.97 Å². The van der Waals surface area contributed by atoms with E-state index in [9.17, 15) is 4.79 Å². The van der Waals surface area contributed by atoms with Gasteiger partial charge < -0.3 is 9.47 Å². The summed E-state index contributed by atoms with van der Waals surface area (Å²) in [5, 5.41) is 0. The molecule has 2 aromatic rings. The van der Waals surface area contributed by atoms with Crippen molar-refractivity contribution < 1.29 is 14.3 Å². The van der Waals surface area contributed by atoms with Crippen molar-refractivity contribution in [1.82, 2.24) is 0 Å². The lowest BCUT2D eigenvalue weighted by atomic mass is 9.72. The Morgan fingerprint density at radius 2 is 1.65 bits per heavy atom. The minimum atomic E-state index is -0.199. The van der Waals surface area contributed by atoms with Gasteiger partial charge in [-0.2, -0.15) is 0 Å². The second-order valence-electron chi connectivity index (χ2n) is 9.22. The fourth-order valence-corrected chi connectivity index (χ4v) is 5.69. The van der Waals surface area contributed by atoms with Crippen LogP contribution in [0.2, 0.25) is 0 Å². The maximum Gasteiger partial charge on any atom is 0.314 e.